The highest BCUT2D eigenvalue weighted by Crippen LogP contribution is 2.15. The van der Waals surface area contributed by atoms with Crippen molar-refractivity contribution in [1.29, 1.82) is 0 Å². The van der Waals surface area contributed by atoms with Gasteiger partial charge in [0.1, 0.15) is 6.61 Å². The van der Waals surface area contributed by atoms with Gasteiger partial charge in [0.15, 0.2) is 0 Å². The fourth-order valence-corrected chi connectivity index (χ4v) is 2.03. The molecule has 1 aliphatic heterocycles. The summed E-state index contributed by atoms with van der Waals surface area (Å²) in [6, 6.07) is 4.00. The number of pyridine rings is 1. The van der Waals surface area contributed by atoms with E-state index < -0.39 is 0 Å². The van der Waals surface area contributed by atoms with E-state index >= 15 is 0 Å². The number of hydrogen-bond acceptors (Lipinski definition) is 4. The summed E-state index contributed by atoms with van der Waals surface area (Å²) in [5, 5.41) is 3.29. The molecule has 1 aromatic heterocycles. The Morgan fingerprint density at radius 1 is 1.50 bits per heavy atom. The van der Waals surface area contributed by atoms with E-state index in [1.165, 1.54) is 18.4 Å². The lowest BCUT2D eigenvalue weighted by Crippen LogP contribution is -2.26. The number of aromatic nitrogens is 1. The minimum absolute atomic E-state index is 0.234. The summed E-state index contributed by atoms with van der Waals surface area (Å²) in [6.45, 7) is 5.39. The molecule has 0 aromatic carbocycles. The second kappa shape index (κ2) is 7.34. The summed E-state index contributed by atoms with van der Waals surface area (Å²) >= 11 is 0. The Hall–Kier alpha value is -1.13. The van der Waals surface area contributed by atoms with Crippen LogP contribution in [0.5, 0.6) is 5.88 Å². The van der Waals surface area contributed by atoms with Crippen molar-refractivity contribution >= 4 is 0 Å². The quantitative estimate of drug-likeness (QED) is 0.840. The fourth-order valence-electron chi connectivity index (χ4n) is 2.03. The molecule has 1 fully saturated rings. The lowest BCUT2D eigenvalue weighted by molar-refractivity contribution is -0.0119. The Morgan fingerprint density at radius 3 is 3.22 bits per heavy atom. The lowest BCUT2D eigenvalue weighted by Gasteiger charge is -2.22. The Kier molecular flexibility index (Phi) is 5.42. The number of nitrogens with zero attached hydrogens (tertiary/aromatic N) is 1. The van der Waals surface area contributed by atoms with Gasteiger partial charge in [-0.2, -0.15) is 0 Å². The molecule has 0 spiro atoms. The molecule has 0 radical (unpaired) electrons. The molecule has 0 amide bonds. The smallest absolute Gasteiger partial charge is 0.213 e. The van der Waals surface area contributed by atoms with Gasteiger partial charge < -0.3 is 14.8 Å². The molecule has 1 N–H and O–H groups in total. The second-order valence-corrected chi connectivity index (χ2v) is 4.58. The molecule has 4 heteroatoms. The van der Waals surface area contributed by atoms with E-state index in [9.17, 15) is 0 Å². The zero-order valence-corrected chi connectivity index (χ0v) is 11.0. The first-order valence-electron chi connectivity index (χ1n) is 6.78. The van der Waals surface area contributed by atoms with Gasteiger partial charge in [-0.25, -0.2) is 4.98 Å². The molecule has 4 nitrogen and oxygen atoms in total. The van der Waals surface area contributed by atoms with Gasteiger partial charge in [-0.05, 0) is 37.4 Å². The van der Waals surface area contributed by atoms with Crippen LogP contribution in [0.25, 0.3) is 0 Å². The highest BCUT2D eigenvalue weighted by molar-refractivity contribution is 5.20. The molecule has 2 rings (SSSR count). The molecule has 0 aliphatic carbocycles. The fraction of sp³-hybridized carbons (Fsp3) is 0.643. The van der Waals surface area contributed by atoms with Crippen LogP contribution >= 0.6 is 0 Å². The Balaban J connectivity index is 1.80. The molecule has 1 aliphatic rings. The Bertz CT molecular complexity index is 351. The van der Waals surface area contributed by atoms with Gasteiger partial charge in [0.25, 0.3) is 0 Å². The number of rotatable bonds is 6. The van der Waals surface area contributed by atoms with Gasteiger partial charge in [0.2, 0.25) is 5.88 Å². The maximum absolute atomic E-state index is 5.70. The van der Waals surface area contributed by atoms with Gasteiger partial charge in [-0.1, -0.05) is 6.92 Å². The molecule has 0 saturated carbocycles. The topological polar surface area (TPSA) is 43.4 Å². The van der Waals surface area contributed by atoms with E-state index in [-0.39, 0.29) is 6.10 Å². The van der Waals surface area contributed by atoms with Crippen molar-refractivity contribution in [2.24, 2.45) is 0 Å². The summed E-state index contributed by atoms with van der Waals surface area (Å²) in [7, 11) is 0. The van der Waals surface area contributed by atoms with Crippen molar-refractivity contribution in [1.82, 2.24) is 10.3 Å². The molecule has 2 heterocycles. The maximum Gasteiger partial charge on any atom is 0.213 e. The van der Waals surface area contributed by atoms with Gasteiger partial charge in [0.05, 0.1) is 6.10 Å². The van der Waals surface area contributed by atoms with Crippen molar-refractivity contribution in [3.63, 3.8) is 0 Å². The standard InChI is InChI=1S/C14H22N2O2/c1-2-15-10-12-6-7-16-14(9-12)18-11-13-5-3-4-8-17-13/h6-7,9,13,15H,2-5,8,10-11H2,1H3. The first-order chi connectivity index (χ1) is 8.88. The third-order valence-electron chi connectivity index (χ3n) is 3.07. The monoisotopic (exact) mass is 250 g/mol. The number of ether oxygens (including phenoxy) is 2. The van der Waals surface area contributed by atoms with Crippen LogP contribution < -0.4 is 10.1 Å². The molecular weight excluding hydrogens is 228 g/mol. The van der Waals surface area contributed by atoms with Crippen molar-refractivity contribution in [3.05, 3.63) is 23.9 Å². The SMILES string of the molecule is CCNCc1ccnc(OCC2CCCCO2)c1. The molecule has 18 heavy (non-hydrogen) atoms. The van der Waals surface area contributed by atoms with Crippen molar-refractivity contribution < 1.29 is 9.47 Å². The second-order valence-electron chi connectivity index (χ2n) is 4.58. The van der Waals surface area contributed by atoms with Crippen LogP contribution in [0.3, 0.4) is 0 Å². The summed E-state index contributed by atoms with van der Waals surface area (Å²) in [5.41, 5.74) is 1.20. The van der Waals surface area contributed by atoms with Crippen LogP contribution in [-0.4, -0.2) is 30.8 Å². The first kappa shape index (κ1) is 13.3. The normalized spacial score (nSPS) is 19.7. The van der Waals surface area contributed by atoms with E-state index in [1.807, 2.05) is 12.1 Å². The Morgan fingerprint density at radius 2 is 2.44 bits per heavy atom. The number of nitrogens with one attached hydrogen (secondary N) is 1. The van der Waals surface area contributed by atoms with Gasteiger partial charge >= 0.3 is 0 Å². The van der Waals surface area contributed by atoms with E-state index in [4.69, 9.17) is 9.47 Å². The average Bonchev–Trinajstić information content (AvgIpc) is 2.44. The predicted octanol–water partition coefficient (Wildman–Crippen LogP) is 2.14. The third kappa shape index (κ3) is 4.27. The maximum atomic E-state index is 5.70. The van der Waals surface area contributed by atoms with Gasteiger partial charge in [0, 0.05) is 25.4 Å². The zero-order valence-electron chi connectivity index (χ0n) is 11.0. The Labute approximate surface area is 109 Å². The summed E-state index contributed by atoms with van der Waals surface area (Å²) in [4.78, 5) is 4.23. The minimum atomic E-state index is 0.234. The van der Waals surface area contributed by atoms with E-state index in [2.05, 4.69) is 17.2 Å². The predicted molar refractivity (Wildman–Crippen MR) is 70.7 cm³/mol. The van der Waals surface area contributed by atoms with Crippen molar-refractivity contribution in [2.75, 3.05) is 19.8 Å². The zero-order chi connectivity index (χ0) is 12.6. The van der Waals surface area contributed by atoms with E-state index in [1.54, 1.807) is 6.20 Å². The molecule has 100 valence electrons. The van der Waals surface area contributed by atoms with Crippen LogP contribution in [0.1, 0.15) is 31.7 Å². The molecular formula is C14H22N2O2. The van der Waals surface area contributed by atoms with Gasteiger partial charge in [-0.3, -0.25) is 0 Å². The van der Waals surface area contributed by atoms with Crippen molar-refractivity contribution in [3.8, 4) is 5.88 Å². The molecule has 1 unspecified atom stereocenters. The third-order valence-corrected chi connectivity index (χ3v) is 3.07. The van der Waals surface area contributed by atoms with Crippen LogP contribution in [0.4, 0.5) is 0 Å². The first-order valence-corrected chi connectivity index (χ1v) is 6.78. The van der Waals surface area contributed by atoms with E-state index in [0.29, 0.717) is 12.5 Å². The van der Waals surface area contributed by atoms with Crippen LogP contribution in [-0.2, 0) is 11.3 Å². The molecule has 1 atom stereocenters. The summed E-state index contributed by atoms with van der Waals surface area (Å²) in [5.74, 6) is 0.694. The lowest BCUT2D eigenvalue weighted by atomic mass is 10.1. The van der Waals surface area contributed by atoms with Crippen LogP contribution in [0, 0.1) is 0 Å². The highest BCUT2D eigenvalue weighted by Gasteiger charge is 2.14. The molecule has 1 saturated heterocycles. The molecule has 1 aromatic rings. The minimum Gasteiger partial charge on any atom is -0.475 e. The van der Waals surface area contributed by atoms with Crippen LogP contribution in [0.2, 0.25) is 0 Å². The van der Waals surface area contributed by atoms with Gasteiger partial charge in [-0.15, -0.1) is 0 Å². The highest BCUT2D eigenvalue weighted by atomic mass is 16.5. The van der Waals surface area contributed by atoms with E-state index in [0.717, 1.165) is 26.1 Å². The summed E-state index contributed by atoms with van der Waals surface area (Å²) in [6.07, 6.45) is 5.54. The largest absolute Gasteiger partial charge is 0.475 e. The van der Waals surface area contributed by atoms with Crippen LogP contribution in [0.15, 0.2) is 18.3 Å². The number of hydrogen-bond donors (Lipinski definition) is 1. The van der Waals surface area contributed by atoms with Crippen molar-refractivity contribution in [2.45, 2.75) is 38.8 Å². The summed E-state index contributed by atoms with van der Waals surface area (Å²) < 4.78 is 11.3. The molecule has 0 bridgehead atoms. The average molecular weight is 250 g/mol.